The van der Waals surface area contributed by atoms with Crippen molar-refractivity contribution in [2.24, 2.45) is 0 Å². The van der Waals surface area contributed by atoms with Crippen LogP contribution in [-0.4, -0.2) is 0 Å². The Morgan fingerprint density at radius 2 is 0.920 bits per heavy atom. The minimum atomic E-state index is 1.08. The van der Waals surface area contributed by atoms with Gasteiger partial charge in [-0.05, 0) is 119 Å². The lowest BCUT2D eigenvalue weighted by atomic mass is 9.84. The molecule has 0 spiro atoms. The molecule has 0 aliphatic heterocycles. The van der Waals surface area contributed by atoms with Crippen molar-refractivity contribution in [2.75, 3.05) is 10.6 Å². The molecule has 0 bridgehead atoms. The number of nitrogens with one attached hydrogen (secondary N) is 2. The van der Waals surface area contributed by atoms with E-state index in [1.54, 1.807) is 0 Å². The van der Waals surface area contributed by atoms with E-state index in [1.165, 1.54) is 91.7 Å². The molecule has 2 N–H and O–H groups in total. The number of unbranched alkanes of at least 4 members (excludes halogenated alkanes) is 2. The SMILES string of the molecule is CCCCc1ccc(Nc2c(Nc3ccc(CCCC)cc3)c3c(-c4ccccc4C)c(-c4ccccc4C)ccc3c3ccccc23)cc1. The van der Waals surface area contributed by atoms with Crippen LogP contribution in [0.25, 0.3) is 43.8 Å². The summed E-state index contributed by atoms with van der Waals surface area (Å²) in [6, 6.07) is 49.2. The highest BCUT2D eigenvalue weighted by molar-refractivity contribution is 6.26. The Morgan fingerprint density at radius 3 is 1.48 bits per heavy atom. The first-order chi connectivity index (χ1) is 24.6. The molecule has 0 heterocycles. The van der Waals surface area contributed by atoms with Gasteiger partial charge in [0.1, 0.15) is 0 Å². The van der Waals surface area contributed by atoms with Crippen LogP contribution in [0.2, 0.25) is 0 Å². The molecule has 2 nitrogen and oxygen atoms in total. The van der Waals surface area contributed by atoms with Crippen LogP contribution in [0.4, 0.5) is 22.7 Å². The molecule has 2 heteroatoms. The first-order valence-electron chi connectivity index (χ1n) is 18.4. The van der Waals surface area contributed by atoms with Gasteiger partial charge in [-0.1, -0.05) is 136 Å². The fourth-order valence-electron chi connectivity index (χ4n) is 7.33. The molecular formula is C48H48N2. The van der Waals surface area contributed by atoms with E-state index in [-0.39, 0.29) is 0 Å². The van der Waals surface area contributed by atoms with Crippen LogP contribution in [-0.2, 0) is 12.8 Å². The molecule has 0 aromatic heterocycles. The standard InChI is InChI=1S/C48H48N2/c1-5-7-17-35-23-27-37(28-24-35)49-47-44-22-14-13-21-41(44)43-32-31-42(39-19-11-9-15-33(39)3)45(40-20-12-10-16-34(40)4)46(43)48(47)50-38-29-25-36(26-30-38)18-8-6-2/h9-16,19-32,49-50H,5-8,17-18H2,1-4H3. The fourth-order valence-corrected chi connectivity index (χ4v) is 7.33. The number of rotatable bonds is 12. The molecule has 0 radical (unpaired) electrons. The average molecular weight is 653 g/mol. The van der Waals surface area contributed by atoms with Crippen LogP contribution in [0, 0.1) is 13.8 Å². The third-order valence-electron chi connectivity index (χ3n) is 10.1. The second kappa shape index (κ2) is 15.0. The average Bonchev–Trinajstić information content (AvgIpc) is 3.15. The van der Waals surface area contributed by atoms with E-state index in [9.17, 15) is 0 Å². The number of hydrogen-bond acceptors (Lipinski definition) is 2. The Labute approximate surface area is 298 Å². The van der Waals surface area contributed by atoms with Gasteiger partial charge in [-0.3, -0.25) is 0 Å². The van der Waals surface area contributed by atoms with Crippen molar-refractivity contribution in [2.45, 2.75) is 66.2 Å². The highest BCUT2D eigenvalue weighted by atomic mass is 15.0. The van der Waals surface area contributed by atoms with Gasteiger partial charge >= 0.3 is 0 Å². The summed E-state index contributed by atoms with van der Waals surface area (Å²) in [5.74, 6) is 0. The van der Waals surface area contributed by atoms with Crippen molar-refractivity contribution < 1.29 is 0 Å². The highest BCUT2D eigenvalue weighted by Gasteiger charge is 2.23. The van der Waals surface area contributed by atoms with Crippen molar-refractivity contribution in [3.05, 3.63) is 156 Å². The number of benzene rings is 7. The second-order valence-corrected chi connectivity index (χ2v) is 13.7. The van der Waals surface area contributed by atoms with Crippen LogP contribution in [0.15, 0.2) is 133 Å². The zero-order valence-corrected chi connectivity index (χ0v) is 29.9. The third kappa shape index (κ3) is 6.76. The number of anilines is 4. The summed E-state index contributed by atoms with van der Waals surface area (Å²) in [5, 5.41) is 12.8. The molecule has 7 aromatic carbocycles. The molecule has 0 amide bonds. The van der Waals surface area contributed by atoms with Gasteiger partial charge in [0, 0.05) is 22.1 Å². The third-order valence-corrected chi connectivity index (χ3v) is 10.1. The lowest BCUT2D eigenvalue weighted by molar-refractivity contribution is 0.795. The zero-order valence-electron chi connectivity index (χ0n) is 29.9. The van der Waals surface area contributed by atoms with E-state index in [4.69, 9.17) is 0 Å². The Kier molecular flexibility index (Phi) is 9.98. The molecule has 0 aliphatic carbocycles. The maximum atomic E-state index is 4.01. The molecule has 0 saturated carbocycles. The lowest BCUT2D eigenvalue weighted by Crippen LogP contribution is -2.03. The predicted molar refractivity (Wildman–Crippen MR) is 218 cm³/mol. The molecule has 0 atom stereocenters. The summed E-state index contributed by atoms with van der Waals surface area (Å²) in [4.78, 5) is 0. The van der Waals surface area contributed by atoms with E-state index >= 15 is 0 Å². The van der Waals surface area contributed by atoms with Gasteiger partial charge in [0.2, 0.25) is 0 Å². The molecule has 0 aliphatic rings. The van der Waals surface area contributed by atoms with Crippen molar-refractivity contribution >= 4 is 44.3 Å². The topological polar surface area (TPSA) is 24.1 Å². The van der Waals surface area contributed by atoms with E-state index in [0.29, 0.717) is 0 Å². The van der Waals surface area contributed by atoms with Crippen molar-refractivity contribution in [3.63, 3.8) is 0 Å². The summed E-state index contributed by atoms with van der Waals surface area (Å²) in [6.45, 7) is 8.96. The summed E-state index contributed by atoms with van der Waals surface area (Å²) < 4.78 is 0. The number of aryl methyl sites for hydroxylation is 4. The van der Waals surface area contributed by atoms with E-state index < -0.39 is 0 Å². The zero-order chi connectivity index (χ0) is 34.5. The molecule has 0 unspecified atom stereocenters. The maximum absolute atomic E-state index is 4.01. The van der Waals surface area contributed by atoms with Crippen molar-refractivity contribution in [1.29, 1.82) is 0 Å². The van der Waals surface area contributed by atoms with Gasteiger partial charge in [0.25, 0.3) is 0 Å². The molecule has 250 valence electrons. The van der Waals surface area contributed by atoms with E-state index in [0.717, 1.165) is 35.6 Å². The minimum Gasteiger partial charge on any atom is -0.353 e. The Morgan fingerprint density at radius 1 is 0.420 bits per heavy atom. The molecule has 7 rings (SSSR count). The van der Waals surface area contributed by atoms with Crippen molar-refractivity contribution in [3.8, 4) is 22.3 Å². The molecule has 0 saturated heterocycles. The van der Waals surface area contributed by atoms with Gasteiger partial charge in [0.15, 0.2) is 0 Å². The van der Waals surface area contributed by atoms with Gasteiger partial charge in [-0.25, -0.2) is 0 Å². The van der Waals surface area contributed by atoms with Crippen LogP contribution < -0.4 is 10.6 Å². The normalized spacial score (nSPS) is 11.3. The smallest absolute Gasteiger partial charge is 0.0716 e. The lowest BCUT2D eigenvalue weighted by Gasteiger charge is -2.25. The van der Waals surface area contributed by atoms with Gasteiger partial charge < -0.3 is 10.6 Å². The Hall–Kier alpha value is -5.34. The first-order valence-corrected chi connectivity index (χ1v) is 18.4. The molecule has 0 fully saturated rings. The Balaban J connectivity index is 1.55. The predicted octanol–water partition coefficient (Wildman–Crippen LogP) is 14.1. The van der Waals surface area contributed by atoms with Gasteiger partial charge in [-0.2, -0.15) is 0 Å². The highest BCUT2D eigenvalue weighted by Crippen LogP contribution is 2.50. The Bertz CT molecular complexity index is 2240. The van der Waals surface area contributed by atoms with Crippen LogP contribution in [0.1, 0.15) is 61.8 Å². The maximum Gasteiger partial charge on any atom is 0.0716 e. The fraction of sp³-hybridized carbons (Fsp3) is 0.208. The molecule has 7 aromatic rings. The summed E-state index contributed by atoms with van der Waals surface area (Å²) in [7, 11) is 0. The summed E-state index contributed by atoms with van der Waals surface area (Å²) in [5.41, 5.74) is 14.6. The minimum absolute atomic E-state index is 1.08. The van der Waals surface area contributed by atoms with Gasteiger partial charge in [0.05, 0.1) is 11.4 Å². The molecular weight excluding hydrogens is 605 g/mol. The van der Waals surface area contributed by atoms with E-state index in [1.807, 2.05) is 0 Å². The number of fused-ring (bicyclic) bond motifs is 3. The monoisotopic (exact) mass is 652 g/mol. The van der Waals surface area contributed by atoms with E-state index in [2.05, 4.69) is 172 Å². The van der Waals surface area contributed by atoms with Crippen LogP contribution >= 0.6 is 0 Å². The number of hydrogen-bond donors (Lipinski definition) is 2. The summed E-state index contributed by atoms with van der Waals surface area (Å²) >= 11 is 0. The second-order valence-electron chi connectivity index (χ2n) is 13.7. The quantitative estimate of drug-likeness (QED) is 0.101. The summed E-state index contributed by atoms with van der Waals surface area (Å²) in [6.07, 6.45) is 7.02. The largest absolute Gasteiger partial charge is 0.353 e. The van der Waals surface area contributed by atoms with Crippen LogP contribution in [0.5, 0.6) is 0 Å². The van der Waals surface area contributed by atoms with Crippen molar-refractivity contribution in [1.82, 2.24) is 0 Å². The van der Waals surface area contributed by atoms with Gasteiger partial charge in [-0.15, -0.1) is 0 Å². The van der Waals surface area contributed by atoms with Crippen LogP contribution in [0.3, 0.4) is 0 Å². The molecule has 50 heavy (non-hydrogen) atoms. The first kappa shape index (κ1) is 33.2.